The van der Waals surface area contributed by atoms with Gasteiger partial charge in [-0.05, 0) is 37.4 Å². The van der Waals surface area contributed by atoms with Crippen LogP contribution < -0.4 is 5.32 Å². The third-order valence-electron chi connectivity index (χ3n) is 4.59. The number of hydrogen-bond acceptors (Lipinski definition) is 2. The van der Waals surface area contributed by atoms with Gasteiger partial charge in [-0.3, -0.25) is 0 Å². The maximum absolute atomic E-state index is 14.0. The molecule has 1 aliphatic heterocycles. The predicted octanol–water partition coefficient (Wildman–Crippen LogP) is 3.45. The molecule has 1 aromatic rings. The van der Waals surface area contributed by atoms with Crippen molar-refractivity contribution in [2.24, 2.45) is 11.8 Å². The number of hydrogen-bond donors (Lipinski definition) is 1. The van der Waals surface area contributed by atoms with E-state index in [9.17, 15) is 4.39 Å². The van der Waals surface area contributed by atoms with Crippen LogP contribution in [0.2, 0.25) is 0 Å². The van der Waals surface area contributed by atoms with Gasteiger partial charge >= 0.3 is 0 Å². The molecule has 3 atom stereocenters. The van der Waals surface area contributed by atoms with E-state index in [2.05, 4.69) is 31.0 Å². The van der Waals surface area contributed by atoms with E-state index in [0.717, 1.165) is 43.6 Å². The van der Waals surface area contributed by atoms with E-state index >= 15 is 0 Å². The van der Waals surface area contributed by atoms with Gasteiger partial charge in [0.05, 0.1) is 0 Å². The van der Waals surface area contributed by atoms with Crippen molar-refractivity contribution in [3.05, 3.63) is 35.6 Å². The molecule has 1 N–H and O–H groups in total. The van der Waals surface area contributed by atoms with Crippen LogP contribution in [0.5, 0.6) is 0 Å². The zero-order valence-corrected chi connectivity index (χ0v) is 12.9. The molecule has 0 spiro atoms. The molecular weight excluding hydrogens is 251 g/mol. The fraction of sp³-hybridized carbons (Fsp3) is 0.647. The van der Waals surface area contributed by atoms with Crippen LogP contribution in [0.25, 0.3) is 0 Å². The van der Waals surface area contributed by atoms with Gasteiger partial charge in [-0.2, -0.15) is 0 Å². The molecule has 1 saturated heterocycles. The highest BCUT2D eigenvalue weighted by Crippen LogP contribution is 2.25. The monoisotopic (exact) mass is 278 g/mol. The Morgan fingerprint density at radius 2 is 2.05 bits per heavy atom. The largest absolute Gasteiger partial charge is 0.309 e. The average Bonchev–Trinajstić information content (AvgIpc) is 2.43. The first-order valence-electron chi connectivity index (χ1n) is 7.82. The third-order valence-corrected chi connectivity index (χ3v) is 4.59. The number of nitrogens with one attached hydrogen (secondary N) is 1. The van der Waals surface area contributed by atoms with Gasteiger partial charge in [-0.1, -0.05) is 39.0 Å². The summed E-state index contributed by atoms with van der Waals surface area (Å²) in [6, 6.07) is 7.22. The van der Waals surface area contributed by atoms with Gasteiger partial charge in [0.2, 0.25) is 0 Å². The lowest BCUT2D eigenvalue weighted by atomic mass is 9.88. The fourth-order valence-electron chi connectivity index (χ4n) is 3.05. The summed E-state index contributed by atoms with van der Waals surface area (Å²) < 4.78 is 14.0. The van der Waals surface area contributed by atoms with Crippen LogP contribution in [0.15, 0.2) is 24.3 Å². The second-order valence-electron chi connectivity index (χ2n) is 6.13. The van der Waals surface area contributed by atoms with Gasteiger partial charge < -0.3 is 10.2 Å². The molecule has 1 aromatic carbocycles. The van der Waals surface area contributed by atoms with Gasteiger partial charge in [-0.15, -0.1) is 0 Å². The topological polar surface area (TPSA) is 15.3 Å². The minimum absolute atomic E-state index is 0.0850. The molecule has 112 valence electrons. The molecular formula is C17H27FN2. The van der Waals surface area contributed by atoms with E-state index in [1.165, 1.54) is 6.42 Å². The Labute approximate surface area is 122 Å². The van der Waals surface area contributed by atoms with Crippen molar-refractivity contribution in [3.63, 3.8) is 0 Å². The maximum Gasteiger partial charge on any atom is 0.128 e. The molecule has 0 radical (unpaired) electrons. The molecule has 2 rings (SSSR count). The van der Waals surface area contributed by atoms with Gasteiger partial charge in [0.25, 0.3) is 0 Å². The number of nitrogens with zero attached hydrogens (tertiary/aromatic N) is 1. The minimum Gasteiger partial charge on any atom is -0.309 e. The standard InChI is InChI=1S/C17H27FN2/c1-4-19-17(15-7-5-6-8-16(15)18)12-20-10-9-13(2)14(3)11-20/h5-8,13-14,17,19H,4,9-12H2,1-3H3. The van der Waals surface area contributed by atoms with Gasteiger partial charge in [0.15, 0.2) is 0 Å². The number of piperidine rings is 1. The molecule has 3 unspecified atom stereocenters. The summed E-state index contributed by atoms with van der Waals surface area (Å²) in [4.78, 5) is 2.48. The summed E-state index contributed by atoms with van der Waals surface area (Å²) in [5.41, 5.74) is 0.792. The highest BCUT2D eigenvalue weighted by atomic mass is 19.1. The van der Waals surface area contributed by atoms with Crippen molar-refractivity contribution >= 4 is 0 Å². The SMILES string of the molecule is CCNC(CN1CCC(C)C(C)C1)c1ccccc1F. The second-order valence-corrected chi connectivity index (χ2v) is 6.13. The van der Waals surface area contributed by atoms with Crippen LogP contribution in [0.4, 0.5) is 4.39 Å². The number of likely N-dealkylation sites (N-methyl/N-ethyl adjacent to an activating group) is 1. The van der Waals surface area contributed by atoms with Crippen molar-refractivity contribution < 1.29 is 4.39 Å². The summed E-state index contributed by atoms with van der Waals surface area (Å²) >= 11 is 0. The van der Waals surface area contributed by atoms with Crippen LogP contribution in [-0.4, -0.2) is 31.1 Å². The molecule has 0 bridgehead atoms. The van der Waals surface area contributed by atoms with Crippen molar-refractivity contribution in [2.75, 3.05) is 26.2 Å². The van der Waals surface area contributed by atoms with Gasteiger partial charge in [-0.25, -0.2) is 4.39 Å². The molecule has 20 heavy (non-hydrogen) atoms. The quantitative estimate of drug-likeness (QED) is 0.887. The van der Waals surface area contributed by atoms with E-state index in [1.807, 2.05) is 12.1 Å². The van der Waals surface area contributed by atoms with Crippen LogP contribution in [0.1, 0.15) is 38.8 Å². The zero-order chi connectivity index (χ0) is 14.5. The van der Waals surface area contributed by atoms with E-state index in [0.29, 0.717) is 0 Å². The second kappa shape index (κ2) is 7.19. The number of likely N-dealkylation sites (tertiary alicyclic amines) is 1. The highest BCUT2D eigenvalue weighted by Gasteiger charge is 2.25. The Morgan fingerprint density at radius 3 is 2.70 bits per heavy atom. The maximum atomic E-state index is 14.0. The van der Waals surface area contributed by atoms with Crippen molar-refractivity contribution in [1.82, 2.24) is 10.2 Å². The number of rotatable bonds is 5. The molecule has 1 aliphatic rings. The molecule has 3 heteroatoms. The van der Waals surface area contributed by atoms with Crippen LogP contribution >= 0.6 is 0 Å². The average molecular weight is 278 g/mol. The molecule has 1 fully saturated rings. The Hall–Kier alpha value is -0.930. The first-order valence-corrected chi connectivity index (χ1v) is 7.82. The molecule has 0 amide bonds. The van der Waals surface area contributed by atoms with Crippen LogP contribution in [0.3, 0.4) is 0 Å². The van der Waals surface area contributed by atoms with Gasteiger partial charge in [0.1, 0.15) is 5.82 Å². The Balaban J connectivity index is 2.05. The van der Waals surface area contributed by atoms with E-state index in [4.69, 9.17) is 0 Å². The molecule has 0 aromatic heterocycles. The Morgan fingerprint density at radius 1 is 1.30 bits per heavy atom. The summed E-state index contributed by atoms with van der Waals surface area (Å²) in [5.74, 6) is 1.43. The normalized spacial score (nSPS) is 25.6. The molecule has 2 nitrogen and oxygen atoms in total. The number of halogens is 1. The van der Waals surface area contributed by atoms with Crippen molar-refractivity contribution in [1.29, 1.82) is 0 Å². The van der Waals surface area contributed by atoms with Crippen LogP contribution in [-0.2, 0) is 0 Å². The van der Waals surface area contributed by atoms with Crippen LogP contribution in [0, 0.1) is 17.7 Å². The van der Waals surface area contributed by atoms with E-state index in [1.54, 1.807) is 12.1 Å². The summed E-state index contributed by atoms with van der Waals surface area (Å²) in [5, 5.41) is 3.43. The highest BCUT2D eigenvalue weighted by molar-refractivity contribution is 5.21. The molecule has 0 saturated carbocycles. The first-order chi connectivity index (χ1) is 9.61. The zero-order valence-electron chi connectivity index (χ0n) is 12.9. The third kappa shape index (κ3) is 3.80. The Kier molecular flexibility index (Phi) is 5.55. The minimum atomic E-state index is -0.100. The van der Waals surface area contributed by atoms with E-state index < -0.39 is 0 Å². The Bertz CT molecular complexity index is 421. The lowest BCUT2D eigenvalue weighted by Crippen LogP contribution is -2.43. The fourth-order valence-corrected chi connectivity index (χ4v) is 3.05. The molecule has 1 heterocycles. The lowest BCUT2D eigenvalue weighted by Gasteiger charge is -2.37. The van der Waals surface area contributed by atoms with Gasteiger partial charge in [0, 0.05) is 24.7 Å². The number of benzene rings is 1. The van der Waals surface area contributed by atoms with E-state index in [-0.39, 0.29) is 11.9 Å². The lowest BCUT2D eigenvalue weighted by molar-refractivity contribution is 0.126. The first kappa shape index (κ1) is 15.5. The summed E-state index contributed by atoms with van der Waals surface area (Å²) in [6.45, 7) is 10.7. The summed E-state index contributed by atoms with van der Waals surface area (Å²) in [6.07, 6.45) is 1.25. The smallest absolute Gasteiger partial charge is 0.128 e. The summed E-state index contributed by atoms with van der Waals surface area (Å²) in [7, 11) is 0. The van der Waals surface area contributed by atoms with Crippen molar-refractivity contribution in [2.45, 2.75) is 33.2 Å². The molecule has 0 aliphatic carbocycles. The predicted molar refractivity (Wildman–Crippen MR) is 82.2 cm³/mol. The van der Waals surface area contributed by atoms with Crippen molar-refractivity contribution in [3.8, 4) is 0 Å².